The van der Waals surface area contributed by atoms with Crippen LogP contribution in [-0.2, 0) is 6.42 Å². The van der Waals surface area contributed by atoms with Crippen molar-refractivity contribution in [2.45, 2.75) is 38.6 Å². The second-order valence-electron chi connectivity index (χ2n) is 5.02. The number of aryl methyl sites for hydroxylation is 1. The lowest BCUT2D eigenvalue weighted by atomic mass is 9.96. The molecule has 3 heteroatoms. The lowest BCUT2D eigenvalue weighted by Crippen LogP contribution is -2.31. The molecular weight excluding hydrogens is 214 g/mol. The van der Waals surface area contributed by atoms with Gasteiger partial charge in [0.05, 0.1) is 14.2 Å². The first-order chi connectivity index (χ1) is 7.96. The summed E-state index contributed by atoms with van der Waals surface area (Å²) in [6.45, 7) is 4.11. The third-order valence-corrected chi connectivity index (χ3v) is 2.76. The molecule has 0 saturated heterocycles. The van der Waals surface area contributed by atoms with Gasteiger partial charge in [-0.05, 0) is 44.7 Å². The molecule has 0 fully saturated rings. The highest BCUT2D eigenvalue weighted by molar-refractivity contribution is 5.40. The average molecular weight is 237 g/mol. The van der Waals surface area contributed by atoms with Crippen molar-refractivity contribution in [1.29, 1.82) is 0 Å². The Hall–Kier alpha value is -1.22. The average Bonchev–Trinajstić information content (AvgIpc) is 2.27. The Labute approximate surface area is 104 Å². The van der Waals surface area contributed by atoms with Crippen LogP contribution in [0.3, 0.4) is 0 Å². The Morgan fingerprint density at radius 3 is 2.41 bits per heavy atom. The Morgan fingerprint density at radius 1 is 1.18 bits per heavy atom. The van der Waals surface area contributed by atoms with Crippen molar-refractivity contribution in [3.63, 3.8) is 0 Å². The van der Waals surface area contributed by atoms with Gasteiger partial charge in [0.2, 0.25) is 0 Å². The van der Waals surface area contributed by atoms with E-state index < -0.39 is 0 Å². The van der Waals surface area contributed by atoms with E-state index in [-0.39, 0.29) is 5.54 Å². The minimum atomic E-state index is -0.0975. The molecule has 2 N–H and O–H groups in total. The molecule has 1 rings (SSSR count). The SMILES string of the molecule is COc1ccc(CCCC(C)(C)N)c(OC)c1. The zero-order chi connectivity index (χ0) is 12.9. The minimum absolute atomic E-state index is 0.0975. The first-order valence-electron chi connectivity index (χ1n) is 5.96. The predicted octanol–water partition coefficient (Wildman–Crippen LogP) is 2.76. The second kappa shape index (κ2) is 5.92. The minimum Gasteiger partial charge on any atom is -0.497 e. The van der Waals surface area contributed by atoms with Gasteiger partial charge in [0, 0.05) is 11.6 Å². The highest BCUT2D eigenvalue weighted by Crippen LogP contribution is 2.26. The largest absolute Gasteiger partial charge is 0.497 e. The summed E-state index contributed by atoms with van der Waals surface area (Å²) in [5.41, 5.74) is 7.07. The van der Waals surface area contributed by atoms with Crippen LogP contribution in [0.25, 0.3) is 0 Å². The van der Waals surface area contributed by atoms with Crippen LogP contribution in [0.15, 0.2) is 18.2 Å². The third-order valence-electron chi connectivity index (χ3n) is 2.76. The van der Waals surface area contributed by atoms with Crippen LogP contribution < -0.4 is 15.2 Å². The summed E-state index contributed by atoms with van der Waals surface area (Å²) in [6, 6.07) is 5.94. The van der Waals surface area contributed by atoms with Gasteiger partial charge >= 0.3 is 0 Å². The van der Waals surface area contributed by atoms with Crippen LogP contribution in [0, 0.1) is 0 Å². The zero-order valence-corrected chi connectivity index (χ0v) is 11.2. The monoisotopic (exact) mass is 237 g/mol. The van der Waals surface area contributed by atoms with Crippen molar-refractivity contribution < 1.29 is 9.47 Å². The Kier molecular flexibility index (Phi) is 4.82. The Morgan fingerprint density at radius 2 is 1.88 bits per heavy atom. The van der Waals surface area contributed by atoms with Gasteiger partial charge in [-0.15, -0.1) is 0 Å². The molecule has 0 amide bonds. The molecule has 0 aliphatic carbocycles. The molecule has 0 atom stereocenters. The number of methoxy groups -OCH3 is 2. The molecular formula is C14H23NO2. The van der Waals surface area contributed by atoms with Gasteiger partial charge in [0.25, 0.3) is 0 Å². The first kappa shape index (κ1) is 13.8. The van der Waals surface area contributed by atoms with E-state index in [2.05, 4.69) is 19.9 Å². The van der Waals surface area contributed by atoms with Crippen LogP contribution in [0.4, 0.5) is 0 Å². The molecule has 0 heterocycles. The Bertz CT molecular complexity index is 356. The molecule has 0 aliphatic heterocycles. The van der Waals surface area contributed by atoms with E-state index in [4.69, 9.17) is 15.2 Å². The topological polar surface area (TPSA) is 44.5 Å². The van der Waals surface area contributed by atoms with Crippen molar-refractivity contribution in [2.75, 3.05) is 14.2 Å². The maximum atomic E-state index is 5.96. The number of hydrogen-bond acceptors (Lipinski definition) is 3. The molecule has 96 valence electrons. The van der Waals surface area contributed by atoms with Gasteiger partial charge in [-0.1, -0.05) is 6.07 Å². The molecule has 1 aromatic rings. The molecule has 3 nitrogen and oxygen atoms in total. The van der Waals surface area contributed by atoms with Gasteiger partial charge < -0.3 is 15.2 Å². The van der Waals surface area contributed by atoms with Crippen LogP contribution >= 0.6 is 0 Å². The Balaban J connectivity index is 2.64. The van der Waals surface area contributed by atoms with Gasteiger partial charge in [0.15, 0.2) is 0 Å². The van der Waals surface area contributed by atoms with E-state index in [9.17, 15) is 0 Å². The maximum absolute atomic E-state index is 5.96. The molecule has 0 saturated carbocycles. The van der Waals surface area contributed by atoms with Crippen molar-refractivity contribution in [2.24, 2.45) is 5.73 Å². The summed E-state index contributed by atoms with van der Waals surface area (Å²) in [6.07, 6.45) is 3.04. The fourth-order valence-corrected chi connectivity index (χ4v) is 1.79. The van der Waals surface area contributed by atoms with E-state index in [1.165, 1.54) is 5.56 Å². The summed E-state index contributed by atoms with van der Waals surface area (Å²) in [4.78, 5) is 0. The van der Waals surface area contributed by atoms with Crippen molar-refractivity contribution in [3.05, 3.63) is 23.8 Å². The number of ether oxygens (including phenoxy) is 2. The summed E-state index contributed by atoms with van der Waals surface area (Å²) in [7, 11) is 3.34. The summed E-state index contributed by atoms with van der Waals surface area (Å²) < 4.78 is 10.5. The van der Waals surface area contributed by atoms with E-state index in [1.807, 2.05) is 12.1 Å². The quantitative estimate of drug-likeness (QED) is 0.827. The maximum Gasteiger partial charge on any atom is 0.125 e. The highest BCUT2D eigenvalue weighted by atomic mass is 16.5. The molecule has 17 heavy (non-hydrogen) atoms. The van der Waals surface area contributed by atoms with E-state index in [0.717, 1.165) is 30.8 Å². The van der Waals surface area contributed by atoms with E-state index >= 15 is 0 Å². The van der Waals surface area contributed by atoms with Crippen molar-refractivity contribution in [3.8, 4) is 11.5 Å². The predicted molar refractivity (Wildman–Crippen MR) is 70.8 cm³/mol. The lowest BCUT2D eigenvalue weighted by Gasteiger charge is -2.18. The molecule has 0 aliphatic rings. The number of rotatable bonds is 6. The molecule has 1 aromatic carbocycles. The van der Waals surface area contributed by atoms with E-state index in [1.54, 1.807) is 14.2 Å². The zero-order valence-electron chi connectivity index (χ0n) is 11.2. The standard InChI is InChI=1S/C14H23NO2/c1-14(2,15)9-5-6-11-7-8-12(16-3)10-13(11)17-4/h7-8,10H,5-6,9,15H2,1-4H3. The summed E-state index contributed by atoms with van der Waals surface area (Å²) in [5.74, 6) is 1.71. The van der Waals surface area contributed by atoms with Crippen LogP contribution in [0.2, 0.25) is 0 Å². The first-order valence-corrected chi connectivity index (χ1v) is 5.96. The van der Waals surface area contributed by atoms with Crippen LogP contribution in [0.5, 0.6) is 11.5 Å². The number of benzene rings is 1. The van der Waals surface area contributed by atoms with Gasteiger partial charge in [-0.3, -0.25) is 0 Å². The highest BCUT2D eigenvalue weighted by Gasteiger charge is 2.11. The summed E-state index contributed by atoms with van der Waals surface area (Å²) in [5, 5.41) is 0. The van der Waals surface area contributed by atoms with Gasteiger partial charge in [-0.2, -0.15) is 0 Å². The number of hydrogen-bond donors (Lipinski definition) is 1. The van der Waals surface area contributed by atoms with Gasteiger partial charge in [-0.25, -0.2) is 0 Å². The van der Waals surface area contributed by atoms with Gasteiger partial charge in [0.1, 0.15) is 11.5 Å². The fourth-order valence-electron chi connectivity index (χ4n) is 1.79. The second-order valence-corrected chi connectivity index (χ2v) is 5.02. The van der Waals surface area contributed by atoms with Crippen molar-refractivity contribution in [1.82, 2.24) is 0 Å². The molecule has 0 aromatic heterocycles. The molecule has 0 unspecified atom stereocenters. The van der Waals surface area contributed by atoms with E-state index in [0.29, 0.717) is 0 Å². The normalized spacial score (nSPS) is 11.4. The number of nitrogens with two attached hydrogens (primary N) is 1. The van der Waals surface area contributed by atoms with Crippen molar-refractivity contribution >= 4 is 0 Å². The molecule has 0 spiro atoms. The fraction of sp³-hybridized carbons (Fsp3) is 0.571. The van der Waals surface area contributed by atoms with Crippen LogP contribution in [0.1, 0.15) is 32.3 Å². The molecule has 0 bridgehead atoms. The molecule has 0 radical (unpaired) electrons. The smallest absolute Gasteiger partial charge is 0.125 e. The third kappa shape index (κ3) is 4.65. The lowest BCUT2D eigenvalue weighted by molar-refractivity contribution is 0.389. The van der Waals surface area contributed by atoms with Crippen LogP contribution in [-0.4, -0.2) is 19.8 Å². The summed E-state index contributed by atoms with van der Waals surface area (Å²) >= 11 is 0.